The van der Waals surface area contributed by atoms with E-state index in [2.05, 4.69) is 36.4 Å². The van der Waals surface area contributed by atoms with Gasteiger partial charge in [-0.15, -0.1) is 5.10 Å². The van der Waals surface area contributed by atoms with Crippen molar-refractivity contribution in [3.63, 3.8) is 0 Å². The fourth-order valence-corrected chi connectivity index (χ4v) is 1.19. The molecule has 14 heavy (non-hydrogen) atoms. The van der Waals surface area contributed by atoms with E-state index in [9.17, 15) is 0 Å². The van der Waals surface area contributed by atoms with Gasteiger partial charge in [-0.1, -0.05) is 19.1 Å². The van der Waals surface area contributed by atoms with E-state index in [0.29, 0.717) is 6.04 Å². The van der Waals surface area contributed by atoms with E-state index in [-0.39, 0.29) is 0 Å². The summed E-state index contributed by atoms with van der Waals surface area (Å²) < 4.78 is 1.93. The van der Waals surface area contributed by atoms with Gasteiger partial charge < -0.3 is 5.32 Å². The van der Waals surface area contributed by atoms with E-state index in [1.54, 1.807) is 0 Å². The first-order chi connectivity index (χ1) is 6.77. The molecule has 1 N–H and O–H groups in total. The number of nitrogens with one attached hydrogen (secondary N) is 1. The molecule has 1 heterocycles. The molecule has 0 bridgehead atoms. The molecule has 4 heteroatoms. The molecule has 0 fully saturated rings. The number of rotatable bonds is 6. The third-order valence-electron chi connectivity index (χ3n) is 2.33. The summed E-state index contributed by atoms with van der Waals surface area (Å²) in [7, 11) is 0. The fourth-order valence-electron chi connectivity index (χ4n) is 1.19. The molecule has 1 atom stereocenters. The minimum Gasteiger partial charge on any atom is -0.311 e. The zero-order valence-electron chi connectivity index (χ0n) is 9.32. The third-order valence-corrected chi connectivity index (χ3v) is 2.33. The Kier molecular flexibility index (Phi) is 4.59. The predicted molar refractivity (Wildman–Crippen MR) is 57.0 cm³/mol. The van der Waals surface area contributed by atoms with Crippen LogP contribution in [-0.2, 0) is 6.54 Å². The van der Waals surface area contributed by atoms with E-state index in [1.807, 2.05) is 10.9 Å². The highest BCUT2D eigenvalue weighted by atomic mass is 15.4. The smallest absolute Gasteiger partial charge is 0.0964 e. The highest BCUT2D eigenvalue weighted by molar-refractivity contribution is 4.92. The van der Waals surface area contributed by atoms with Crippen LogP contribution in [-0.4, -0.2) is 21.5 Å². The summed E-state index contributed by atoms with van der Waals surface area (Å²) in [6, 6.07) is 0.447. The normalized spacial score (nSPS) is 13.1. The molecule has 0 aliphatic rings. The maximum atomic E-state index is 4.11. The largest absolute Gasteiger partial charge is 0.311 e. The van der Waals surface area contributed by atoms with Crippen LogP contribution < -0.4 is 5.32 Å². The van der Waals surface area contributed by atoms with Crippen molar-refractivity contribution < 1.29 is 0 Å². The van der Waals surface area contributed by atoms with Crippen molar-refractivity contribution in [3.8, 4) is 0 Å². The molecule has 0 aliphatic carbocycles. The topological polar surface area (TPSA) is 42.7 Å². The van der Waals surface area contributed by atoms with Crippen molar-refractivity contribution in [2.24, 2.45) is 0 Å². The molecule has 80 valence electrons. The lowest BCUT2D eigenvalue weighted by molar-refractivity contribution is 0.464. The predicted octanol–water partition coefficient (Wildman–Crippen LogP) is 1.75. The molecule has 0 saturated carbocycles. The lowest BCUT2D eigenvalue weighted by Crippen LogP contribution is -2.14. The summed E-state index contributed by atoms with van der Waals surface area (Å²) in [6.07, 6.45) is 4.27. The zero-order chi connectivity index (χ0) is 10.4. The molecule has 1 rings (SSSR count). The second-order valence-electron chi connectivity index (χ2n) is 3.62. The summed E-state index contributed by atoms with van der Waals surface area (Å²) in [6.45, 7) is 8.32. The van der Waals surface area contributed by atoms with Gasteiger partial charge in [0.2, 0.25) is 0 Å². The summed E-state index contributed by atoms with van der Waals surface area (Å²) in [4.78, 5) is 0. The molecule has 0 aliphatic heterocycles. The van der Waals surface area contributed by atoms with Crippen molar-refractivity contribution in [1.29, 1.82) is 0 Å². The number of hydrogen-bond donors (Lipinski definition) is 1. The van der Waals surface area contributed by atoms with Gasteiger partial charge in [-0.2, -0.15) is 0 Å². The SMILES string of the molecule is CCCNCc1cn(C(C)CC)nn1. The molecule has 1 aromatic heterocycles. The Morgan fingerprint density at radius 2 is 2.29 bits per heavy atom. The van der Waals surface area contributed by atoms with Gasteiger partial charge in [-0.25, -0.2) is 4.68 Å². The first-order valence-corrected chi connectivity index (χ1v) is 5.39. The van der Waals surface area contributed by atoms with Gasteiger partial charge in [-0.3, -0.25) is 0 Å². The average Bonchev–Trinajstić information content (AvgIpc) is 2.66. The zero-order valence-corrected chi connectivity index (χ0v) is 9.32. The van der Waals surface area contributed by atoms with Gasteiger partial charge in [0.15, 0.2) is 0 Å². The molecule has 0 aromatic carbocycles. The third kappa shape index (κ3) is 3.10. The first-order valence-electron chi connectivity index (χ1n) is 5.39. The van der Waals surface area contributed by atoms with Crippen LogP contribution in [0, 0.1) is 0 Å². The highest BCUT2D eigenvalue weighted by Crippen LogP contribution is 2.07. The standard InChI is InChI=1S/C10H20N4/c1-4-6-11-7-10-8-14(13-12-10)9(3)5-2/h8-9,11H,4-7H2,1-3H3. The maximum Gasteiger partial charge on any atom is 0.0964 e. The lowest BCUT2D eigenvalue weighted by Gasteiger charge is -2.06. The van der Waals surface area contributed by atoms with Crippen LogP contribution in [0.2, 0.25) is 0 Å². The molecule has 0 spiro atoms. The lowest BCUT2D eigenvalue weighted by atomic mass is 10.3. The monoisotopic (exact) mass is 196 g/mol. The molecular weight excluding hydrogens is 176 g/mol. The van der Waals surface area contributed by atoms with Crippen molar-refractivity contribution in [1.82, 2.24) is 20.3 Å². The molecule has 0 radical (unpaired) electrons. The van der Waals surface area contributed by atoms with Gasteiger partial charge in [0.25, 0.3) is 0 Å². The van der Waals surface area contributed by atoms with Crippen LogP contribution in [0.3, 0.4) is 0 Å². The molecule has 1 unspecified atom stereocenters. The van der Waals surface area contributed by atoms with Crippen molar-refractivity contribution in [2.45, 2.75) is 46.2 Å². The quantitative estimate of drug-likeness (QED) is 0.705. The van der Waals surface area contributed by atoms with Crippen molar-refractivity contribution >= 4 is 0 Å². The molecule has 1 aromatic rings. The van der Waals surface area contributed by atoms with Gasteiger partial charge in [0.1, 0.15) is 0 Å². The van der Waals surface area contributed by atoms with E-state index in [1.165, 1.54) is 0 Å². The highest BCUT2D eigenvalue weighted by Gasteiger charge is 2.04. The fraction of sp³-hybridized carbons (Fsp3) is 0.800. The van der Waals surface area contributed by atoms with Crippen molar-refractivity contribution in [2.75, 3.05) is 6.54 Å². The van der Waals surface area contributed by atoms with Crippen LogP contribution in [0.5, 0.6) is 0 Å². The van der Waals surface area contributed by atoms with Crippen LogP contribution in [0.4, 0.5) is 0 Å². The number of nitrogens with zero attached hydrogens (tertiary/aromatic N) is 3. The molecule has 4 nitrogen and oxygen atoms in total. The van der Waals surface area contributed by atoms with Crippen LogP contribution in [0.1, 0.15) is 45.3 Å². The maximum absolute atomic E-state index is 4.11. The van der Waals surface area contributed by atoms with Gasteiger partial charge >= 0.3 is 0 Å². The van der Waals surface area contributed by atoms with Gasteiger partial charge in [0.05, 0.1) is 17.9 Å². The van der Waals surface area contributed by atoms with E-state index >= 15 is 0 Å². The minimum absolute atomic E-state index is 0.447. The van der Waals surface area contributed by atoms with Crippen LogP contribution >= 0.6 is 0 Å². The van der Waals surface area contributed by atoms with Crippen molar-refractivity contribution in [3.05, 3.63) is 11.9 Å². The second-order valence-corrected chi connectivity index (χ2v) is 3.62. The Morgan fingerprint density at radius 1 is 1.50 bits per heavy atom. The first kappa shape index (κ1) is 11.2. The second kappa shape index (κ2) is 5.75. The van der Waals surface area contributed by atoms with E-state index < -0.39 is 0 Å². The van der Waals surface area contributed by atoms with Gasteiger partial charge in [0, 0.05) is 6.54 Å². The molecular formula is C10H20N4. The Balaban J connectivity index is 2.42. The summed E-state index contributed by atoms with van der Waals surface area (Å²) in [5, 5.41) is 11.5. The molecule has 0 amide bonds. The summed E-state index contributed by atoms with van der Waals surface area (Å²) >= 11 is 0. The average molecular weight is 196 g/mol. The summed E-state index contributed by atoms with van der Waals surface area (Å²) in [5.74, 6) is 0. The number of hydrogen-bond acceptors (Lipinski definition) is 3. The Bertz CT molecular complexity index is 256. The molecule has 0 saturated heterocycles. The Hall–Kier alpha value is -0.900. The van der Waals surface area contributed by atoms with E-state index in [4.69, 9.17) is 0 Å². The summed E-state index contributed by atoms with van der Waals surface area (Å²) in [5.41, 5.74) is 1.03. The Morgan fingerprint density at radius 3 is 2.93 bits per heavy atom. The number of aromatic nitrogens is 3. The van der Waals surface area contributed by atoms with E-state index in [0.717, 1.165) is 31.6 Å². The van der Waals surface area contributed by atoms with Crippen LogP contribution in [0.25, 0.3) is 0 Å². The van der Waals surface area contributed by atoms with Crippen LogP contribution in [0.15, 0.2) is 6.20 Å². The minimum atomic E-state index is 0.447. The van der Waals surface area contributed by atoms with Gasteiger partial charge in [-0.05, 0) is 26.3 Å². The Labute approximate surface area is 85.7 Å².